The summed E-state index contributed by atoms with van der Waals surface area (Å²) in [6.45, 7) is -0.152. The molecule has 1 unspecified atom stereocenters. The number of carbonyl (C=O) groups is 4. The number of primary amides is 1. The molecule has 4 atom stereocenters. The van der Waals surface area contributed by atoms with E-state index in [0.29, 0.717) is 11.3 Å². The van der Waals surface area contributed by atoms with Crippen LogP contribution in [0, 0.1) is 19.3 Å². The monoisotopic (exact) mass is 661 g/mol. The van der Waals surface area contributed by atoms with Crippen molar-refractivity contribution < 1.29 is 72.3 Å². The number of hydrogen-bond donors (Lipinski definition) is 6. The molecule has 1 radical (unpaired) electrons. The van der Waals surface area contributed by atoms with Crippen molar-refractivity contribution >= 4 is 40.5 Å². The zero-order valence-corrected chi connectivity index (χ0v) is 27.7. The molecule has 13 nitrogen and oxygen atoms in total. The molecule has 42 heavy (non-hydrogen) atoms. The van der Waals surface area contributed by atoms with Crippen LogP contribution >= 0.6 is 0 Å². The molecule has 1 fully saturated rings. The van der Waals surface area contributed by atoms with Crippen LogP contribution in [0.25, 0.3) is 5.76 Å². The van der Waals surface area contributed by atoms with E-state index in [0.717, 1.165) is 0 Å². The Kier molecular flexibility index (Phi) is 10.3. The Hall–Kier alpha value is -3.00. The van der Waals surface area contributed by atoms with E-state index in [1.165, 1.54) is 9.80 Å². The number of nitrogens with one attached hydrogen (secondary N) is 1. The molecule has 227 valence electrons. The largest absolute Gasteiger partial charge is 0.508 e. The second-order valence-corrected chi connectivity index (χ2v) is 11.1. The van der Waals surface area contributed by atoms with E-state index >= 15 is 0 Å². The molecule has 0 spiro atoms. The summed E-state index contributed by atoms with van der Waals surface area (Å²) >= 11 is 0. The molecule has 2 amide bonds. The van der Waals surface area contributed by atoms with Crippen molar-refractivity contribution in [1.82, 2.24) is 9.80 Å². The number of phenols is 1. The smallest absolute Gasteiger partial charge is 0.255 e. The van der Waals surface area contributed by atoms with Gasteiger partial charge in [-0.2, -0.15) is 0 Å². The fourth-order valence-corrected chi connectivity index (χ4v) is 6.15. The Balaban J connectivity index is 0.00000308. The van der Waals surface area contributed by atoms with E-state index in [4.69, 9.17) is 5.73 Å². The van der Waals surface area contributed by atoms with Gasteiger partial charge in [-0.05, 0) is 44.5 Å². The van der Waals surface area contributed by atoms with Gasteiger partial charge >= 0.3 is 0 Å². The molecule has 1 saturated carbocycles. The number of benzene rings is 1. The van der Waals surface area contributed by atoms with E-state index in [1.54, 1.807) is 53.3 Å². The topological polar surface area (TPSA) is 197 Å². The van der Waals surface area contributed by atoms with Crippen molar-refractivity contribution in [2.75, 3.05) is 59.0 Å². The van der Waals surface area contributed by atoms with Crippen molar-refractivity contribution in [2.45, 2.75) is 24.5 Å². The Morgan fingerprint density at radius 2 is 1.69 bits per heavy atom. The van der Waals surface area contributed by atoms with Gasteiger partial charge in [-0.25, -0.2) is 0 Å². The summed E-state index contributed by atoms with van der Waals surface area (Å²) in [6.07, 6.45) is 0.156. The number of aromatic hydroxyl groups is 1. The third-order valence-corrected chi connectivity index (χ3v) is 8.11. The molecule has 0 aliphatic heterocycles. The SMILES string of the molecule is CN(C)C(=O)CNc1cc(N(C)C)c2c(c1O)C(O)=C1C(=O)[C@]3(O)C(O)=C(C(N)=O)C(=O)C(N(C)C)[C@@H]3C[C@@H]1C2.[CH3-].[Y]. The van der Waals surface area contributed by atoms with Gasteiger partial charge in [0.25, 0.3) is 5.91 Å². The molecule has 7 N–H and O–H groups in total. The molecule has 4 rings (SSSR count). The van der Waals surface area contributed by atoms with Gasteiger partial charge in [0.1, 0.15) is 22.8 Å². The number of phenolic OH excluding ortho intramolecular Hbond substituents is 1. The first-order valence-corrected chi connectivity index (χ1v) is 12.7. The van der Waals surface area contributed by atoms with Crippen LogP contribution in [0.2, 0.25) is 0 Å². The Morgan fingerprint density at radius 3 is 2.19 bits per heavy atom. The van der Waals surface area contributed by atoms with Crippen LogP contribution in [-0.4, -0.2) is 114 Å². The average Bonchev–Trinajstić information content (AvgIpc) is 2.84. The molecule has 0 bridgehead atoms. The van der Waals surface area contributed by atoms with Crippen LogP contribution in [0.1, 0.15) is 17.5 Å². The van der Waals surface area contributed by atoms with Crippen LogP contribution in [0.3, 0.4) is 0 Å². The Morgan fingerprint density at radius 1 is 1.10 bits per heavy atom. The van der Waals surface area contributed by atoms with E-state index in [9.17, 15) is 39.6 Å². The summed E-state index contributed by atoms with van der Waals surface area (Å²) in [5.41, 5.74) is 2.76. The summed E-state index contributed by atoms with van der Waals surface area (Å²) in [7, 11) is 9.78. The zero-order chi connectivity index (χ0) is 30.0. The van der Waals surface area contributed by atoms with Crippen LogP contribution in [0.15, 0.2) is 23.0 Å². The molecular weight excluding hydrogens is 623 g/mol. The number of hydrogen-bond acceptors (Lipinski definition) is 11. The standard InChI is InChI=1S/C27H35N5O8.CH3.Y/c1-30(2)15-9-14(29-10-16(33)31(3)4)21(34)18-12(15)7-11-8-13-20(32(5)6)23(36)19(26(28)39)25(38)27(13,40)24(37)17(11)22(18)35;;/h9,11,13,20,29,34-35,38,40H,7-8,10H2,1-6H3,(H2,28,39);1H3;/q;-1;/t11-,13-,20?,27-;;/m0../s1. The molecular formula is C28H38N5O8Y-. The van der Waals surface area contributed by atoms with E-state index in [-0.39, 0.29) is 82.3 Å². The molecule has 1 aromatic rings. The maximum atomic E-state index is 14.0. The van der Waals surface area contributed by atoms with Gasteiger partial charge in [0.2, 0.25) is 11.7 Å². The van der Waals surface area contributed by atoms with Crippen molar-refractivity contribution in [3.63, 3.8) is 0 Å². The zero-order valence-electron chi connectivity index (χ0n) is 24.8. The van der Waals surface area contributed by atoms with Crippen LogP contribution in [-0.2, 0) is 58.3 Å². The summed E-state index contributed by atoms with van der Waals surface area (Å²) in [5.74, 6) is -7.42. The number of nitrogens with two attached hydrogens (primary N) is 1. The van der Waals surface area contributed by atoms with Gasteiger partial charge in [0, 0.05) is 78.1 Å². The minimum atomic E-state index is -2.71. The predicted molar refractivity (Wildman–Crippen MR) is 152 cm³/mol. The molecule has 1 aromatic carbocycles. The Labute approximate surface area is 269 Å². The molecule has 3 aliphatic rings. The summed E-state index contributed by atoms with van der Waals surface area (Å²) < 4.78 is 0. The van der Waals surface area contributed by atoms with E-state index < -0.39 is 63.8 Å². The molecule has 14 heteroatoms. The number of aliphatic hydroxyl groups excluding tert-OH is 2. The third kappa shape index (κ3) is 5.20. The second-order valence-electron chi connectivity index (χ2n) is 11.1. The second kappa shape index (κ2) is 12.3. The van der Waals surface area contributed by atoms with E-state index in [2.05, 4.69) is 5.32 Å². The predicted octanol–water partition coefficient (Wildman–Crippen LogP) is -0.0221. The fourth-order valence-electron chi connectivity index (χ4n) is 6.15. The van der Waals surface area contributed by atoms with Crippen molar-refractivity contribution in [1.29, 1.82) is 0 Å². The summed E-state index contributed by atoms with van der Waals surface area (Å²) in [5, 5.41) is 48.3. The quantitative estimate of drug-likeness (QED) is 0.136. The number of ketones is 2. The number of rotatable bonds is 6. The van der Waals surface area contributed by atoms with Crippen LogP contribution in [0.5, 0.6) is 5.75 Å². The number of fused-ring (bicyclic) bond motifs is 3. The number of nitrogens with zero attached hydrogens (tertiary/aromatic N) is 3. The average molecular weight is 662 g/mol. The number of carbonyl (C=O) groups excluding carboxylic acids is 4. The summed E-state index contributed by atoms with van der Waals surface area (Å²) in [4.78, 5) is 56.1. The number of likely N-dealkylation sites (N-methyl/N-ethyl adjacent to an activating group) is 2. The van der Waals surface area contributed by atoms with E-state index in [1.807, 2.05) is 0 Å². The van der Waals surface area contributed by atoms with Gasteiger partial charge in [0.05, 0.1) is 23.8 Å². The van der Waals surface area contributed by atoms with Crippen molar-refractivity contribution in [3.8, 4) is 5.75 Å². The first-order valence-electron chi connectivity index (χ1n) is 12.7. The normalized spacial score (nSPS) is 24.6. The summed E-state index contributed by atoms with van der Waals surface area (Å²) in [6, 6.07) is 0.483. The number of amides is 2. The molecule has 0 heterocycles. The molecule has 0 saturated heterocycles. The van der Waals surface area contributed by atoms with Crippen molar-refractivity contribution in [3.05, 3.63) is 41.5 Å². The maximum Gasteiger partial charge on any atom is 0.255 e. The van der Waals surface area contributed by atoms with Gasteiger partial charge in [-0.3, -0.25) is 24.1 Å². The number of anilines is 2. The first-order chi connectivity index (χ1) is 18.5. The van der Waals surface area contributed by atoms with Crippen molar-refractivity contribution in [2.24, 2.45) is 17.6 Å². The maximum absolute atomic E-state index is 14.0. The van der Waals surface area contributed by atoms with Gasteiger partial charge in [-0.1, -0.05) is 0 Å². The Bertz CT molecular complexity index is 1400. The van der Waals surface area contributed by atoms with Gasteiger partial charge < -0.3 is 48.7 Å². The van der Waals surface area contributed by atoms with Crippen LogP contribution in [0.4, 0.5) is 11.4 Å². The fraction of sp³-hybridized carbons (Fsp3) is 0.464. The molecule has 3 aliphatic carbocycles. The third-order valence-electron chi connectivity index (χ3n) is 8.11. The van der Waals surface area contributed by atoms with Gasteiger partial charge in [-0.15, -0.1) is 0 Å². The van der Waals surface area contributed by atoms with Gasteiger partial charge in [0.15, 0.2) is 11.4 Å². The minimum Gasteiger partial charge on any atom is -0.508 e. The minimum absolute atomic E-state index is 0. The number of Topliss-reactive ketones (excluding diaryl/α,β-unsaturated/α-hetero) is 2. The first kappa shape index (κ1) is 35.2. The number of aliphatic hydroxyl groups is 3. The van der Waals surface area contributed by atoms with Crippen LogP contribution < -0.4 is 16.0 Å². The molecule has 0 aromatic heterocycles.